The highest BCUT2D eigenvalue weighted by molar-refractivity contribution is 5.85. The molecular formula is C25H34N4O2. The van der Waals surface area contributed by atoms with E-state index in [4.69, 9.17) is 14.8 Å². The lowest BCUT2D eigenvalue weighted by atomic mass is 9.99. The molecule has 0 bridgehead atoms. The smallest absolute Gasteiger partial charge is 0.220 e. The Morgan fingerprint density at radius 3 is 2.58 bits per heavy atom. The summed E-state index contributed by atoms with van der Waals surface area (Å²) in [5.74, 6) is 0.0675. The number of nitrogens with one attached hydrogen (secondary N) is 1. The van der Waals surface area contributed by atoms with Gasteiger partial charge in [0.2, 0.25) is 5.91 Å². The summed E-state index contributed by atoms with van der Waals surface area (Å²) in [4.78, 5) is 17.2. The fourth-order valence-corrected chi connectivity index (χ4v) is 3.99. The number of aryl methyl sites for hydroxylation is 5. The van der Waals surface area contributed by atoms with Crippen molar-refractivity contribution < 1.29 is 9.53 Å². The molecule has 0 aliphatic rings. The van der Waals surface area contributed by atoms with Crippen molar-refractivity contribution in [2.45, 2.75) is 60.8 Å². The van der Waals surface area contributed by atoms with Crippen LogP contribution in [-0.4, -0.2) is 40.4 Å². The molecule has 6 heteroatoms. The highest BCUT2D eigenvalue weighted by atomic mass is 16.5. The normalized spacial score (nSPS) is 11.3. The molecule has 0 fully saturated rings. The Bertz CT molecular complexity index is 1090. The quantitative estimate of drug-likeness (QED) is 0.518. The van der Waals surface area contributed by atoms with E-state index in [0.29, 0.717) is 32.6 Å². The monoisotopic (exact) mass is 422 g/mol. The minimum absolute atomic E-state index is 0.0675. The Hall–Kier alpha value is -2.73. The minimum Gasteiger partial charge on any atom is -0.382 e. The summed E-state index contributed by atoms with van der Waals surface area (Å²) in [7, 11) is 0. The summed E-state index contributed by atoms with van der Waals surface area (Å²) in [5, 5.41) is 8.86. The number of carbonyl (C=O) groups is 1. The fraction of sp³-hybridized carbons (Fsp3) is 0.480. The molecule has 1 N–H and O–H groups in total. The molecule has 3 rings (SSSR count). The lowest BCUT2D eigenvalue weighted by Crippen LogP contribution is -2.25. The van der Waals surface area contributed by atoms with Crippen molar-refractivity contribution in [1.29, 1.82) is 0 Å². The Labute approximate surface area is 185 Å². The molecule has 2 heterocycles. The Balaban J connectivity index is 1.81. The summed E-state index contributed by atoms with van der Waals surface area (Å²) in [6.45, 7) is 14.4. The molecule has 6 nitrogen and oxygen atoms in total. The molecule has 0 unspecified atom stereocenters. The van der Waals surface area contributed by atoms with Crippen LogP contribution in [0.1, 0.15) is 53.4 Å². The van der Waals surface area contributed by atoms with E-state index in [9.17, 15) is 4.79 Å². The molecule has 3 aromatic rings. The second kappa shape index (κ2) is 10.1. The maximum Gasteiger partial charge on any atom is 0.220 e. The van der Waals surface area contributed by atoms with Crippen molar-refractivity contribution in [3.8, 4) is 5.69 Å². The molecule has 2 aromatic heterocycles. The van der Waals surface area contributed by atoms with Crippen LogP contribution < -0.4 is 5.32 Å². The van der Waals surface area contributed by atoms with Gasteiger partial charge in [0.1, 0.15) is 0 Å². The number of hydrogen-bond donors (Lipinski definition) is 1. The number of carbonyl (C=O) groups excluding carboxylic acids is 1. The zero-order valence-corrected chi connectivity index (χ0v) is 19.6. The van der Waals surface area contributed by atoms with Crippen LogP contribution in [0.5, 0.6) is 0 Å². The lowest BCUT2D eigenvalue weighted by Gasteiger charge is -2.12. The number of pyridine rings is 1. The van der Waals surface area contributed by atoms with Gasteiger partial charge in [-0.15, -0.1) is 0 Å². The average Bonchev–Trinajstić information content (AvgIpc) is 3.06. The van der Waals surface area contributed by atoms with Gasteiger partial charge in [-0.2, -0.15) is 5.10 Å². The van der Waals surface area contributed by atoms with Crippen LogP contribution in [0.25, 0.3) is 16.7 Å². The number of rotatable bonds is 9. The van der Waals surface area contributed by atoms with E-state index < -0.39 is 0 Å². The molecule has 1 aromatic carbocycles. The summed E-state index contributed by atoms with van der Waals surface area (Å²) in [5.41, 5.74) is 8.61. The van der Waals surface area contributed by atoms with Crippen molar-refractivity contribution in [2.24, 2.45) is 0 Å². The van der Waals surface area contributed by atoms with Crippen LogP contribution >= 0.6 is 0 Å². The van der Waals surface area contributed by atoms with Gasteiger partial charge in [-0.05, 0) is 88.8 Å². The first-order chi connectivity index (χ1) is 14.8. The van der Waals surface area contributed by atoms with Crippen molar-refractivity contribution >= 4 is 16.9 Å². The zero-order chi connectivity index (χ0) is 22.5. The lowest BCUT2D eigenvalue weighted by molar-refractivity contribution is -0.121. The largest absolute Gasteiger partial charge is 0.382 e. The van der Waals surface area contributed by atoms with E-state index in [1.54, 1.807) is 0 Å². The van der Waals surface area contributed by atoms with Crippen molar-refractivity contribution in [2.75, 3.05) is 19.8 Å². The van der Waals surface area contributed by atoms with Crippen molar-refractivity contribution in [1.82, 2.24) is 20.1 Å². The van der Waals surface area contributed by atoms with Gasteiger partial charge in [0, 0.05) is 37.3 Å². The van der Waals surface area contributed by atoms with Gasteiger partial charge in [-0.3, -0.25) is 4.79 Å². The van der Waals surface area contributed by atoms with Gasteiger partial charge >= 0.3 is 0 Å². The number of nitrogens with zero attached hydrogens (tertiary/aromatic N) is 3. The number of amides is 1. The predicted octanol–water partition coefficient (Wildman–Crippen LogP) is 4.44. The molecule has 1 amide bonds. The third-order valence-electron chi connectivity index (χ3n) is 5.90. The summed E-state index contributed by atoms with van der Waals surface area (Å²) in [6, 6.07) is 6.36. The van der Waals surface area contributed by atoms with E-state index in [1.807, 2.05) is 25.5 Å². The highest BCUT2D eigenvalue weighted by Gasteiger charge is 2.18. The van der Waals surface area contributed by atoms with Gasteiger partial charge < -0.3 is 10.1 Å². The van der Waals surface area contributed by atoms with Crippen molar-refractivity contribution in [3.05, 3.63) is 51.8 Å². The second-order valence-corrected chi connectivity index (χ2v) is 8.17. The van der Waals surface area contributed by atoms with Crippen LogP contribution in [0.15, 0.2) is 18.2 Å². The van der Waals surface area contributed by atoms with Crippen LogP contribution in [-0.2, 0) is 16.0 Å². The molecular weight excluding hydrogens is 388 g/mol. The third kappa shape index (κ3) is 5.13. The van der Waals surface area contributed by atoms with Crippen LogP contribution in [0.4, 0.5) is 0 Å². The summed E-state index contributed by atoms with van der Waals surface area (Å²) >= 11 is 0. The molecule has 0 saturated heterocycles. The zero-order valence-electron chi connectivity index (χ0n) is 19.6. The van der Waals surface area contributed by atoms with Crippen LogP contribution in [0.2, 0.25) is 0 Å². The maximum atomic E-state index is 12.3. The second-order valence-electron chi connectivity index (χ2n) is 8.17. The Morgan fingerprint density at radius 1 is 1.10 bits per heavy atom. The number of ether oxygens (including phenoxy) is 1. The number of benzene rings is 1. The van der Waals surface area contributed by atoms with Crippen LogP contribution in [0.3, 0.4) is 0 Å². The molecule has 166 valence electrons. The molecule has 0 radical (unpaired) electrons. The molecule has 31 heavy (non-hydrogen) atoms. The maximum absolute atomic E-state index is 12.3. The Kier molecular flexibility index (Phi) is 7.44. The first kappa shape index (κ1) is 22.9. The number of fused-ring (bicyclic) bond motifs is 1. The first-order valence-corrected chi connectivity index (χ1v) is 11.1. The molecule has 0 saturated carbocycles. The van der Waals surface area contributed by atoms with E-state index in [0.717, 1.165) is 40.1 Å². The molecule has 0 aliphatic heterocycles. The topological polar surface area (TPSA) is 69.0 Å². The molecule has 0 aliphatic carbocycles. The van der Waals surface area contributed by atoms with E-state index in [-0.39, 0.29) is 5.91 Å². The first-order valence-electron chi connectivity index (χ1n) is 11.1. The van der Waals surface area contributed by atoms with Gasteiger partial charge in [-0.1, -0.05) is 6.07 Å². The SMILES string of the molecule is CCOCCCNC(=O)CCc1c(C)nc2c(c(C)nn2-c2ccc(C)c(C)c2)c1C. The van der Waals surface area contributed by atoms with Gasteiger partial charge in [0.05, 0.1) is 11.4 Å². The predicted molar refractivity (Wildman–Crippen MR) is 125 cm³/mol. The molecule has 0 spiro atoms. The highest BCUT2D eigenvalue weighted by Crippen LogP contribution is 2.28. The summed E-state index contributed by atoms with van der Waals surface area (Å²) < 4.78 is 7.24. The van der Waals surface area contributed by atoms with E-state index in [2.05, 4.69) is 44.3 Å². The summed E-state index contributed by atoms with van der Waals surface area (Å²) in [6.07, 6.45) is 1.96. The number of aromatic nitrogens is 3. The molecule has 0 atom stereocenters. The fourth-order valence-electron chi connectivity index (χ4n) is 3.99. The Morgan fingerprint density at radius 2 is 1.87 bits per heavy atom. The van der Waals surface area contributed by atoms with Gasteiger partial charge in [-0.25, -0.2) is 9.67 Å². The minimum atomic E-state index is 0.0675. The van der Waals surface area contributed by atoms with E-state index in [1.165, 1.54) is 16.7 Å². The third-order valence-corrected chi connectivity index (χ3v) is 5.90. The van der Waals surface area contributed by atoms with Crippen molar-refractivity contribution in [3.63, 3.8) is 0 Å². The van der Waals surface area contributed by atoms with Crippen LogP contribution in [0, 0.1) is 34.6 Å². The van der Waals surface area contributed by atoms with Gasteiger partial charge in [0.25, 0.3) is 0 Å². The van der Waals surface area contributed by atoms with Gasteiger partial charge in [0.15, 0.2) is 5.65 Å². The number of hydrogen-bond acceptors (Lipinski definition) is 4. The standard InChI is InChI=1S/C25H34N4O2/c1-7-31-14-8-13-26-23(30)12-11-22-18(4)24-20(6)28-29(25(24)27-19(22)5)21-10-9-16(2)17(3)15-21/h9-10,15H,7-8,11-14H2,1-6H3,(H,26,30). The van der Waals surface area contributed by atoms with E-state index >= 15 is 0 Å². The average molecular weight is 423 g/mol.